The van der Waals surface area contributed by atoms with Crippen LogP contribution in [0.5, 0.6) is 0 Å². The van der Waals surface area contributed by atoms with Crippen LogP contribution in [0.4, 0.5) is 0 Å². The molecule has 7 heteroatoms. The van der Waals surface area contributed by atoms with Crippen LogP contribution >= 0.6 is 0 Å². The van der Waals surface area contributed by atoms with E-state index in [0.29, 0.717) is 16.9 Å². The summed E-state index contributed by atoms with van der Waals surface area (Å²) in [4.78, 5) is 12.3. The van der Waals surface area contributed by atoms with Gasteiger partial charge in [0.2, 0.25) is 15.9 Å². The van der Waals surface area contributed by atoms with Crippen LogP contribution in [0, 0.1) is 20.8 Å². The molecule has 2 N–H and O–H groups in total. The van der Waals surface area contributed by atoms with Crippen LogP contribution in [0.15, 0.2) is 39.8 Å². The third kappa shape index (κ3) is 4.24. The molecule has 0 saturated carbocycles. The Morgan fingerprint density at radius 3 is 2.38 bits per heavy atom. The molecule has 0 fully saturated rings. The highest BCUT2D eigenvalue weighted by Crippen LogP contribution is 2.21. The maximum Gasteiger partial charge on any atom is 0.241 e. The number of sulfonamides is 1. The van der Waals surface area contributed by atoms with Crippen molar-refractivity contribution in [2.45, 2.75) is 45.2 Å². The number of nitrogens with one attached hydrogen (secondary N) is 2. The van der Waals surface area contributed by atoms with Crippen molar-refractivity contribution in [2.24, 2.45) is 0 Å². The van der Waals surface area contributed by atoms with Gasteiger partial charge in [-0.1, -0.05) is 17.7 Å². The SMILES string of the molecule is Cc1cc(C)c(S(=O)(=O)NC(C)C(=O)NCc2ccco2)c(C)c1. The molecule has 0 aliphatic carbocycles. The first-order valence-corrected chi connectivity index (χ1v) is 9.09. The molecule has 2 aromatic rings. The lowest BCUT2D eigenvalue weighted by Gasteiger charge is -2.17. The maximum absolute atomic E-state index is 12.6. The van der Waals surface area contributed by atoms with Gasteiger partial charge in [0.15, 0.2) is 0 Å². The Bertz CT molecular complexity index is 803. The standard InChI is InChI=1S/C17H22N2O4S/c1-11-8-12(2)16(13(3)9-11)24(21,22)19-14(4)17(20)18-10-15-6-5-7-23-15/h5-9,14,19H,10H2,1-4H3,(H,18,20). The summed E-state index contributed by atoms with van der Waals surface area (Å²) < 4.78 is 32.8. The van der Waals surface area contributed by atoms with Crippen LogP contribution in [-0.2, 0) is 21.4 Å². The lowest BCUT2D eigenvalue weighted by Crippen LogP contribution is -2.44. The van der Waals surface area contributed by atoms with Gasteiger partial charge in [-0.15, -0.1) is 0 Å². The highest BCUT2D eigenvalue weighted by Gasteiger charge is 2.25. The van der Waals surface area contributed by atoms with E-state index in [9.17, 15) is 13.2 Å². The average molecular weight is 350 g/mol. The summed E-state index contributed by atoms with van der Waals surface area (Å²) in [6.45, 7) is 7.12. The summed E-state index contributed by atoms with van der Waals surface area (Å²) in [6, 6.07) is 6.17. The smallest absolute Gasteiger partial charge is 0.241 e. The molecule has 0 radical (unpaired) electrons. The minimum atomic E-state index is -3.79. The molecule has 130 valence electrons. The van der Waals surface area contributed by atoms with E-state index in [0.717, 1.165) is 5.56 Å². The number of amides is 1. The molecule has 0 aliphatic heterocycles. The molecule has 0 saturated heterocycles. The Labute approximate surface area is 142 Å². The van der Waals surface area contributed by atoms with E-state index in [1.165, 1.54) is 13.2 Å². The van der Waals surface area contributed by atoms with Gasteiger partial charge >= 0.3 is 0 Å². The fraction of sp³-hybridized carbons (Fsp3) is 0.353. The van der Waals surface area contributed by atoms with E-state index in [-0.39, 0.29) is 11.4 Å². The Morgan fingerprint density at radius 1 is 1.21 bits per heavy atom. The lowest BCUT2D eigenvalue weighted by molar-refractivity contribution is -0.122. The van der Waals surface area contributed by atoms with Crippen molar-refractivity contribution in [3.05, 3.63) is 53.0 Å². The van der Waals surface area contributed by atoms with Crippen LogP contribution < -0.4 is 10.0 Å². The number of benzene rings is 1. The van der Waals surface area contributed by atoms with Gasteiger partial charge in [0.05, 0.1) is 23.7 Å². The summed E-state index contributed by atoms with van der Waals surface area (Å²) in [7, 11) is -3.79. The highest BCUT2D eigenvalue weighted by molar-refractivity contribution is 7.89. The zero-order valence-electron chi connectivity index (χ0n) is 14.2. The van der Waals surface area contributed by atoms with Crippen molar-refractivity contribution in [3.63, 3.8) is 0 Å². The third-order valence-corrected chi connectivity index (χ3v) is 5.46. The van der Waals surface area contributed by atoms with E-state index in [4.69, 9.17) is 4.42 Å². The van der Waals surface area contributed by atoms with Gasteiger partial charge in [0, 0.05) is 0 Å². The molecular formula is C17H22N2O4S. The molecular weight excluding hydrogens is 328 g/mol. The molecule has 1 heterocycles. The predicted octanol–water partition coefficient (Wildman–Crippen LogP) is 2.19. The second-order valence-corrected chi connectivity index (χ2v) is 7.52. The van der Waals surface area contributed by atoms with Gasteiger partial charge in [0.25, 0.3) is 0 Å². The number of hydrogen-bond donors (Lipinski definition) is 2. The number of carbonyl (C=O) groups excluding carboxylic acids is 1. The molecule has 1 aromatic heterocycles. The Balaban J connectivity index is 2.09. The zero-order valence-corrected chi connectivity index (χ0v) is 15.0. The van der Waals surface area contributed by atoms with Crippen LogP contribution in [0.1, 0.15) is 29.4 Å². The van der Waals surface area contributed by atoms with E-state index in [1.807, 2.05) is 19.1 Å². The summed E-state index contributed by atoms with van der Waals surface area (Å²) in [6.07, 6.45) is 1.51. The summed E-state index contributed by atoms with van der Waals surface area (Å²) in [5.41, 5.74) is 2.31. The van der Waals surface area contributed by atoms with Gasteiger partial charge in [-0.05, 0) is 51.0 Å². The quantitative estimate of drug-likeness (QED) is 0.836. The number of hydrogen-bond acceptors (Lipinski definition) is 4. The number of carbonyl (C=O) groups is 1. The Morgan fingerprint density at radius 2 is 1.83 bits per heavy atom. The molecule has 1 atom stereocenters. The third-order valence-electron chi connectivity index (χ3n) is 3.62. The minimum absolute atomic E-state index is 0.209. The van der Waals surface area contributed by atoms with E-state index >= 15 is 0 Å². The summed E-state index contributed by atoms with van der Waals surface area (Å²) in [5, 5.41) is 2.64. The van der Waals surface area contributed by atoms with E-state index < -0.39 is 22.0 Å². The number of aryl methyl sites for hydroxylation is 3. The first-order valence-electron chi connectivity index (χ1n) is 7.61. The maximum atomic E-state index is 12.6. The van der Waals surface area contributed by atoms with E-state index in [2.05, 4.69) is 10.0 Å². The molecule has 6 nitrogen and oxygen atoms in total. The molecule has 1 aromatic carbocycles. The fourth-order valence-corrected chi connectivity index (χ4v) is 4.33. The monoisotopic (exact) mass is 350 g/mol. The minimum Gasteiger partial charge on any atom is -0.467 e. The van der Waals surface area contributed by atoms with Crippen molar-refractivity contribution in [2.75, 3.05) is 0 Å². The van der Waals surface area contributed by atoms with Crippen LogP contribution in [0.25, 0.3) is 0 Å². The van der Waals surface area contributed by atoms with Gasteiger partial charge in [-0.25, -0.2) is 8.42 Å². The van der Waals surface area contributed by atoms with E-state index in [1.54, 1.807) is 26.0 Å². The normalized spacial score (nSPS) is 12.8. The summed E-state index contributed by atoms with van der Waals surface area (Å²) in [5.74, 6) is 0.182. The molecule has 2 rings (SSSR count). The second kappa shape index (κ2) is 7.19. The van der Waals surface area contributed by atoms with Crippen molar-refractivity contribution >= 4 is 15.9 Å². The van der Waals surface area contributed by atoms with Crippen molar-refractivity contribution in [3.8, 4) is 0 Å². The topological polar surface area (TPSA) is 88.4 Å². The highest BCUT2D eigenvalue weighted by atomic mass is 32.2. The van der Waals surface area contributed by atoms with Crippen LogP contribution in [0.2, 0.25) is 0 Å². The molecule has 0 spiro atoms. The molecule has 1 amide bonds. The lowest BCUT2D eigenvalue weighted by atomic mass is 10.1. The van der Waals surface area contributed by atoms with Crippen molar-refractivity contribution in [1.29, 1.82) is 0 Å². The van der Waals surface area contributed by atoms with Crippen LogP contribution in [0.3, 0.4) is 0 Å². The average Bonchev–Trinajstić information content (AvgIpc) is 2.95. The largest absolute Gasteiger partial charge is 0.467 e. The van der Waals surface area contributed by atoms with Gasteiger partial charge < -0.3 is 9.73 Å². The molecule has 1 unspecified atom stereocenters. The van der Waals surface area contributed by atoms with Gasteiger partial charge in [0.1, 0.15) is 5.76 Å². The summed E-state index contributed by atoms with van der Waals surface area (Å²) >= 11 is 0. The Hall–Kier alpha value is -2.12. The van der Waals surface area contributed by atoms with Gasteiger partial charge in [-0.2, -0.15) is 4.72 Å². The first-order chi connectivity index (χ1) is 11.2. The molecule has 0 aliphatic rings. The van der Waals surface area contributed by atoms with Crippen LogP contribution in [-0.4, -0.2) is 20.4 Å². The molecule has 0 bridgehead atoms. The van der Waals surface area contributed by atoms with Crippen molar-refractivity contribution in [1.82, 2.24) is 10.0 Å². The second-order valence-electron chi connectivity index (χ2n) is 5.87. The Kier molecular flexibility index (Phi) is 5.46. The fourth-order valence-electron chi connectivity index (χ4n) is 2.68. The number of furan rings is 1. The molecule has 24 heavy (non-hydrogen) atoms. The van der Waals surface area contributed by atoms with Gasteiger partial charge in [-0.3, -0.25) is 4.79 Å². The zero-order chi connectivity index (χ0) is 17.9. The first kappa shape index (κ1) is 18.2. The number of rotatable bonds is 6. The van der Waals surface area contributed by atoms with Crippen molar-refractivity contribution < 1.29 is 17.6 Å². The predicted molar refractivity (Wildman–Crippen MR) is 91.0 cm³/mol.